The Morgan fingerprint density at radius 3 is 1.20 bits per heavy atom. The highest BCUT2D eigenvalue weighted by molar-refractivity contribution is 5.77. The van der Waals surface area contributed by atoms with Crippen LogP contribution in [0.2, 0.25) is 0 Å². The van der Waals surface area contributed by atoms with Crippen molar-refractivity contribution in [1.82, 2.24) is 0 Å². The van der Waals surface area contributed by atoms with Gasteiger partial charge in [-0.1, -0.05) is 58.7 Å². The van der Waals surface area contributed by atoms with E-state index in [0.717, 1.165) is 12.8 Å². The Hall–Kier alpha value is -1.82. The number of rotatable bonds is 2. The summed E-state index contributed by atoms with van der Waals surface area (Å²) in [5.41, 5.74) is 11.5. The maximum absolute atomic E-state index is 2.33. The molecule has 0 saturated heterocycles. The Morgan fingerprint density at radius 2 is 0.950 bits per heavy atom. The van der Waals surface area contributed by atoms with E-state index in [2.05, 4.69) is 64.1 Å². The molecule has 0 bridgehead atoms. The largest absolute Gasteiger partial charge is 0.0660 e. The minimum absolute atomic E-state index is 1.10. The second-order valence-electron chi connectivity index (χ2n) is 6.20. The van der Waals surface area contributed by atoms with Crippen LogP contribution in [0.1, 0.15) is 51.7 Å². The second kappa shape index (κ2) is 4.94. The van der Waals surface area contributed by atoms with E-state index < -0.39 is 0 Å². The first-order valence-corrected chi connectivity index (χ1v) is 7.39. The molecule has 0 radical (unpaired) electrons. The van der Waals surface area contributed by atoms with Crippen LogP contribution < -0.4 is 0 Å². The monoisotopic (exact) mass is 262 g/mol. The van der Waals surface area contributed by atoms with Gasteiger partial charge in [0, 0.05) is 0 Å². The fourth-order valence-electron chi connectivity index (χ4n) is 2.99. The molecule has 0 saturated carbocycles. The summed E-state index contributed by atoms with van der Waals surface area (Å²) in [5, 5.41) is 0. The van der Waals surface area contributed by atoms with E-state index in [0.29, 0.717) is 0 Å². The quantitative estimate of drug-likeness (QED) is 0.619. The molecule has 0 nitrogen and oxygen atoms in total. The van der Waals surface area contributed by atoms with Crippen LogP contribution in [-0.4, -0.2) is 0 Å². The fourth-order valence-corrected chi connectivity index (χ4v) is 2.99. The molecule has 2 aliphatic rings. The minimum Gasteiger partial charge on any atom is -0.0660 e. The average molecular weight is 262 g/mol. The normalized spacial score (nSPS) is 18.8. The molecule has 0 aromatic heterocycles. The van der Waals surface area contributed by atoms with E-state index >= 15 is 0 Å². The molecule has 1 aromatic carbocycles. The van der Waals surface area contributed by atoms with Gasteiger partial charge >= 0.3 is 0 Å². The van der Waals surface area contributed by atoms with Gasteiger partial charge in [-0.25, -0.2) is 0 Å². The minimum atomic E-state index is 1.10. The predicted octanol–water partition coefficient (Wildman–Crippen LogP) is 5.93. The van der Waals surface area contributed by atoms with Crippen molar-refractivity contribution in [2.24, 2.45) is 0 Å². The number of hydrogen-bond acceptors (Lipinski definition) is 0. The maximum Gasteiger partial charge on any atom is -0.00581 e. The summed E-state index contributed by atoms with van der Waals surface area (Å²) in [4.78, 5) is 0. The van der Waals surface area contributed by atoms with Crippen molar-refractivity contribution in [3.05, 3.63) is 69.8 Å². The van der Waals surface area contributed by atoms with Gasteiger partial charge in [0.05, 0.1) is 0 Å². The Morgan fingerprint density at radius 1 is 0.600 bits per heavy atom. The van der Waals surface area contributed by atoms with Gasteiger partial charge in [0.1, 0.15) is 0 Å². The van der Waals surface area contributed by atoms with Crippen molar-refractivity contribution in [3.63, 3.8) is 0 Å². The molecule has 0 N–H and O–H groups in total. The van der Waals surface area contributed by atoms with Crippen LogP contribution in [0.15, 0.2) is 58.7 Å². The first-order chi connectivity index (χ1) is 9.54. The van der Waals surface area contributed by atoms with Crippen molar-refractivity contribution < 1.29 is 0 Å². The van der Waals surface area contributed by atoms with Gasteiger partial charge < -0.3 is 0 Å². The van der Waals surface area contributed by atoms with Gasteiger partial charge in [-0.2, -0.15) is 0 Å². The third kappa shape index (κ3) is 2.31. The van der Waals surface area contributed by atoms with E-state index in [1.165, 1.54) is 44.6 Å². The third-order valence-electron chi connectivity index (χ3n) is 4.67. The first-order valence-electron chi connectivity index (χ1n) is 7.39. The van der Waals surface area contributed by atoms with Crippen LogP contribution >= 0.6 is 0 Å². The van der Waals surface area contributed by atoms with Gasteiger partial charge in [0.2, 0.25) is 0 Å². The number of hydrogen-bond donors (Lipinski definition) is 0. The second-order valence-corrected chi connectivity index (χ2v) is 6.20. The summed E-state index contributed by atoms with van der Waals surface area (Å²) < 4.78 is 0. The predicted molar refractivity (Wildman–Crippen MR) is 88.4 cm³/mol. The Bertz CT molecular complexity index is 612. The van der Waals surface area contributed by atoms with Gasteiger partial charge in [-0.3, -0.25) is 0 Å². The molecule has 0 heteroatoms. The standard InChI is InChI=1S/C20H22/c1-13-9-19(10-14(13)2)17-5-7-18(8-6-17)20-11-15(3)16(4)12-20/h5-9,11H,10,12H2,1-4H3. The van der Waals surface area contributed by atoms with Crippen LogP contribution in [-0.2, 0) is 0 Å². The maximum atomic E-state index is 2.33. The summed E-state index contributed by atoms with van der Waals surface area (Å²) in [5.74, 6) is 0. The zero-order valence-corrected chi connectivity index (χ0v) is 12.9. The van der Waals surface area contributed by atoms with Crippen molar-refractivity contribution in [1.29, 1.82) is 0 Å². The molecular formula is C20H22. The summed E-state index contributed by atoms with van der Waals surface area (Å²) in [6.45, 7) is 8.87. The van der Waals surface area contributed by atoms with Crippen molar-refractivity contribution in [3.8, 4) is 0 Å². The molecular weight excluding hydrogens is 240 g/mol. The molecule has 0 atom stereocenters. The summed E-state index contributed by atoms with van der Waals surface area (Å²) in [6, 6.07) is 9.10. The summed E-state index contributed by atoms with van der Waals surface area (Å²) in [7, 11) is 0. The van der Waals surface area contributed by atoms with E-state index in [1.807, 2.05) is 0 Å². The zero-order valence-electron chi connectivity index (χ0n) is 12.9. The molecule has 3 rings (SSSR count). The molecule has 0 spiro atoms. The highest BCUT2D eigenvalue weighted by Gasteiger charge is 2.13. The molecule has 0 unspecified atom stereocenters. The van der Waals surface area contributed by atoms with Crippen molar-refractivity contribution in [2.45, 2.75) is 40.5 Å². The molecule has 2 aliphatic carbocycles. The highest BCUT2D eigenvalue weighted by atomic mass is 14.2. The van der Waals surface area contributed by atoms with E-state index in [1.54, 1.807) is 0 Å². The van der Waals surface area contributed by atoms with Crippen LogP contribution in [0, 0.1) is 0 Å². The van der Waals surface area contributed by atoms with Gasteiger partial charge in [-0.05, 0) is 62.8 Å². The van der Waals surface area contributed by atoms with Crippen LogP contribution in [0.5, 0.6) is 0 Å². The summed E-state index contributed by atoms with van der Waals surface area (Å²) in [6.07, 6.45) is 6.87. The lowest BCUT2D eigenvalue weighted by Gasteiger charge is -2.07. The van der Waals surface area contributed by atoms with Crippen molar-refractivity contribution >= 4 is 11.1 Å². The molecule has 1 aromatic rings. The fraction of sp³-hybridized carbons (Fsp3) is 0.300. The lowest BCUT2D eigenvalue weighted by atomic mass is 9.98. The molecule has 0 amide bonds. The summed E-state index contributed by atoms with van der Waals surface area (Å²) >= 11 is 0. The molecule has 20 heavy (non-hydrogen) atoms. The van der Waals surface area contributed by atoms with Gasteiger partial charge in [0.15, 0.2) is 0 Å². The lowest BCUT2D eigenvalue weighted by Crippen LogP contribution is -1.86. The van der Waals surface area contributed by atoms with Gasteiger partial charge in [0.25, 0.3) is 0 Å². The molecule has 0 fully saturated rings. The molecule has 102 valence electrons. The van der Waals surface area contributed by atoms with Crippen LogP contribution in [0.3, 0.4) is 0 Å². The highest BCUT2D eigenvalue weighted by Crippen LogP contribution is 2.35. The third-order valence-corrected chi connectivity index (χ3v) is 4.67. The SMILES string of the molecule is CC1=C(C)CC(c2ccc(C3=CC(C)=C(C)C3)cc2)=C1. The zero-order chi connectivity index (χ0) is 14.3. The van der Waals surface area contributed by atoms with Crippen molar-refractivity contribution in [2.75, 3.05) is 0 Å². The topological polar surface area (TPSA) is 0 Å². The molecule has 0 aliphatic heterocycles. The smallest absolute Gasteiger partial charge is 0.00581 e. The Labute approximate surface area is 122 Å². The van der Waals surface area contributed by atoms with E-state index in [9.17, 15) is 0 Å². The van der Waals surface area contributed by atoms with Gasteiger partial charge in [-0.15, -0.1) is 0 Å². The average Bonchev–Trinajstić information content (AvgIpc) is 2.94. The van der Waals surface area contributed by atoms with E-state index in [4.69, 9.17) is 0 Å². The van der Waals surface area contributed by atoms with Crippen LogP contribution in [0.25, 0.3) is 11.1 Å². The van der Waals surface area contributed by atoms with Crippen LogP contribution in [0.4, 0.5) is 0 Å². The lowest BCUT2D eigenvalue weighted by molar-refractivity contribution is 1.22. The van der Waals surface area contributed by atoms with E-state index in [-0.39, 0.29) is 0 Å². The first kappa shape index (κ1) is 13.2. The number of benzene rings is 1. The molecule has 0 heterocycles. The number of allylic oxidation sites excluding steroid dienone is 8. The Kier molecular flexibility index (Phi) is 3.25. The Balaban J connectivity index is 1.81.